The van der Waals surface area contributed by atoms with Crippen LogP contribution in [0.2, 0.25) is 10.0 Å². The predicted octanol–water partition coefficient (Wildman–Crippen LogP) is 6.00. The Labute approximate surface area is 214 Å². The van der Waals surface area contributed by atoms with Gasteiger partial charge in [-0.05, 0) is 42.8 Å². The van der Waals surface area contributed by atoms with Crippen molar-refractivity contribution in [1.82, 2.24) is 10.2 Å². The maximum absolute atomic E-state index is 14.1. The molecule has 35 heavy (non-hydrogen) atoms. The predicted molar refractivity (Wildman–Crippen MR) is 139 cm³/mol. The number of anilines is 1. The Balaban J connectivity index is 1.69. The van der Waals surface area contributed by atoms with Crippen molar-refractivity contribution < 1.29 is 9.59 Å². The van der Waals surface area contributed by atoms with Gasteiger partial charge in [-0.15, -0.1) is 0 Å². The Morgan fingerprint density at radius 2 is 1.63 bits per heavy atom. The van der Waals surface area contributed by atoms with Crippen molar-refractivity contribution in [2.45, 2.75) is 12.8 Å². The molecule has 176 valence electrons. The topological polar surface area (TPSA) is 61.4 Å². The van der Waals surface area contributed by atoms with E-state index in [1.165, 1.54) is 0 Å². The van der Waals surface area contributed by atoms with Gasteiger partial charge in [0.25, 0.3) is 5.91 Å². The molecule has 2 aliphatic heterocycles. The number of nitrogens with one attached hydrogen (secondary N) is 2. The van der Waals surface area contributed by atoms with Gasteiger partial charge in [-0.3, -0.25) is 9.59 Å². The first-order valence-electron chi connectivity index (χ1n) is 11.3. The van der Waals surface area contributed by atoms with Crippen LogP contribution >= 0.6 is 23.2 Å². The molecule has 0 aromatic heterocycles. The van der Waals surface area contributed by atoms with E-state index in [1.807, 2.05) is 72.5 Å². The lowest BCUT2D eigenvalue weighted by Crippen LogP contribution is -2.36. The third-order valence-corrected chi connectivity index (χ3v) is 6.92. The van der Waals surface area contributed by atoms with Gasteiger partial charge in [0.05, 0.1) is 10.6 Å². The largest absolute Gasteiger partial charge is 0.369 e. The average molecular weight is 504 g/mol. The number of amides is 1. The summed E-state index contributed by atoms with van der Waals surface area (Å²) < 4.78 is 0. The van der Waals surface area contributed by atoms with E-state index in [9.17, 15) is 9.59 Å². The number of halogens is 2. The smallest absolute Gasteiger partial charge is 0.254 e. The van der Waals surface area contributed by atoms with Crippen LogP contribution in [-0.4, -0.2) is 29.7 Å². The highest BCUT2D eigenvalue weighted by Crippen LogP contribution is 2.44. The number of allylic oxidation sites excluding steroid dienone is 2. The lowest BCUT2D eigenvalue weighted by Gasteiger charge is -2.36. The van der Waals surface area contributed by atoms with Crippen LogP contribution in [0.25, 0.3) is 0 Å². The fraction of sp³-hybridized carbons (Fsp3) is 0.143. The molecule has 3 aromatic carbocycles. The second-order valence-electron chi connectivity index (χ2n) is 8.46. The molecule has 3 aromatic rings. The number of hydrogen-bond donors (Lipinski definition) is 2. The van der Waals surface area contributed by atoms with Gasteiger partial charge in [0, 0.05) is 46.6 Å². The molecular formula is C28H23Cl2N3O2. The number of hydrogen-bond acceptors (Lipinski definition) is 4. The number of benzene rings is 3. The Morgan fingerprint density at radius 3 is 2.34 bits per heavy atom. The molecule has 0 spiro atoms. The van der Waals surface area contributed by atoms with Crippen LogP contribution in [0.5, 0.6) is 0 Å². The Kier molecular flexibility index (Phi) is 6.37. The zero-order chi connectivity index (χ0) is 24.5. The standard InChI is InChI=1S/C28H23Cl2N3O2/c1-17-23(28(35)32-20-10-6-3-7-11-20)24(18-8-4-2-5-9-18)25(27-31-14-15-33(17)27)26(34)21-16-19(29)12-13-22(21)30/h2-13,16,24,31H,14-15H2,1H3,(H,32,35). The second kappa shape index (κ2) is 9.61. The summed E-state index contributed by atoms with van der Waals surface area (Å²) in [7, 11) is 0. The van der Waals surface area contributed by atoms with Gasteiger partial charge >= 0.3 is 0 Å². The quantitative estimate of drug-likeness (QED) is 0.419. The molecule has 1 atom stereocenters. The molecule has 2 heterocycles. The molecule has 5 rings (SSSR count). The van der Waals surface area contributed by atoms with Crippen molar-refractivity contribution in [3.05, 3.63) is 123 Å². The van der Waals surface area contributed by atoms with Gasteiger partial charge in [0.15, 0.2) is 5.78 Å². The molecule has 2 N–H and O–H groups in total. The number of Topliss-reactive ketones (excluding diaryl/α,β-unsaturated/α-hetero) is 1. The third-order valence-electron chi connectivity index (χ3n) is 6.35. The van der Waals surface area contributed by atoms with E-state index in [-0.39, 0.29) is 11.7 Å². The first kappa shape index (κ1) is 23.2. The molecule has 0 saturated carbocycles. The summed E-state index contributed by atoms with van der Waals surface area (Å²) in [4.78, 5) is 29.9. The number of ketones is 1. The summed E-state index contributed by atoms with van der Waals surface area (Å²) in [6.07, 6.45) is 0. The highest BCUT2D eigenvalue weighted by molar-refractivity contribution is 6.37. The van der Waals surface area contributed by atoms with E-state index < -0.39 is 5.92 Å². The summed E-state index contributed by atoms with van der Waals surface area (Å²) in [5, 5.41) is 7.12. The van der Waals surface area contributed by atoms with Crippen molar-refractivity contribution in [1.29, 1.82) is 0 Å². The molecule has 1 fully saturated rings. The lowest BCUT2D eigenvalue weighted by atomic mass is 9.77. The van der Waals surface area contributed by atoms with Crippen LogP contribution in [0.4, 0.5) is 5.69 Å². The number of para-hydroxylation sites is 1. The zero-order valence-electron chi connectivity index (χ0n) is 19.0. The highest BCUT2D eigenvalue weighted by Gasteiger charge is 2.42. The molecule has 0 bridgehead atoms. The number of fused-ring (bicyclic) bond motifs is 1. The molecule has 1 saturated heterocycles. The fourth-order valence-corrected chi connectivity index (χ4v) is 5.13. The summed E-state index contributed by atoms with van der Waals surface area (Å²) >= 11 is 12.7. The van der Waals surface area contributed by atoms with Gasteiger partial charge < -0.3 is 15.5 Å². The number of rotatable bonds is 5. The van der Waals surface area contributed by atoms with Crippen LogP contribution in [0.3, 0.4) is 0 Å². The molecule has 7 heteroatoms. The van der Waals surface area contributed by atoms with E-state index in [4.69, 9.17) is 23.2 Å². The van der Waals surface area contributed by atoms with Gasteiger partial charge in [-0.25, -0.2) is 0 Å². The van der Waals surface area contributed by atoms with Crippen molar-refractivity contribution in [2.24, 2.45) is 0 Å². The van der Waals surface area contributed by atoms with Crippen LogP contribution in [-0.2, 0) is 4.79 Å². The normalized spacial score (nSPS) is 17.2. The monoisotopic (exact) mass is 503 g/mol. The highest BCUT2D eigenvalue weighted by atomic mass is 35.5. The molecule has 1 unspecified atom stereocenters. The minimum Gasteiger partial charge on any atom is -0.369 e. The number of nitrogens with zero attached hydrogens (tertiary/aromatic N) is 1. The van der Waals surface area contributed by atoms with Crippen LogP contribution in [0.1, 0.15) is 28.8 Å². The Bertz CT molecular complexity index is 1370. The summed E-state index contributed by atoms with van der Waals surface area (Å²) in [5.74, 6) is -0.415. The van der Waals surface area contributed by atoms with Gasteiger partial charge in [0.2, 0.25) is 0 Å². The second-order valence-corrected chi connectivity index (χ2v) is 9.30. The minimum atomic E-state index is -0.598. The minimum absolute atomic E-state index is 0.254. The van der Waals surface area contributed by atoms with Crippen molar-refractivity contribution in [3.63, 3.8) is 0 Å². The van der Waals surface area contributed by atoms with Crippen LogP contribution < -0.4 is 10.6 Å². The molecule has 5 nitrogen and oxygen atoms in total. The summed E-state index contributed by atoms with van der Waals surface area (Å²) in [5.41, 5.74) is 3.63. The van der Waals surface area contributed by atoms with E-state index >= 15 is 0 Å². The lowest BCUT2D eigenvalue weighted by molar-refractivity contribution is -0.113. The summed E-state index contributed by atoms with van der Waals surface area (Å²) in [6.45, 7) is 3.23. The maximum atomic E-state index is 14.1. The maximum Gasteiger partial charge on any atom is 0.254 e. The Morgan fingerprint density at radius 1 is 0.943 bits per heavy atom. The van der Waals surface area contributed by atoms with Gasteiger partial charge in [-0.1, -0.05) is 71.7 Å². The molecule has 0 aliphatic carbocycles. The van der Waals surface area contributed by atoms with E-state index in [0.29, 0.717) is 51.4 Å². The van der Waals surface area contributed by atoms with Crippen molar-refractivity contribution in [3.8, 4) is 0 Å². The van der Waals surface area contributed by atoms with Crippen molar-refractivity contribution >= 4 is 40.6 Å². The van der Waals surface area contributed by atoms with Gasteiger partial charge in [-0.2, -0.15) is 0 Å². The molecule has 0 radical (unpaired) electrons. The number of carbonyl (C=O) groups excluding carboxylic acids is 2. The van der Waals surface area contributed by atoms with E-state index in [0.717, 1.165) is 11.3 Å². The fourth-order valence-electron chi connectivity index (χ4n) is 4.75. The zero-order valence-corrected chi connectivity index (χ0v) is 20.5. The van der Waals surface area contributed by atoms with Crippen LogP contribution in [0, 0.1) is 0 Å². The van der Waals surface area contributed by atoms with Crippen LogP contribution in [0.15, 0.2) is 102 Å². The average Bonchev–Trinajstić information content (AvgIpc) is 3.36. The van der Waals surface area contributed by atoms with Gasteiger partial charge in [0.1, 0.15) is 5.82 Å². The molecule has 2 aliphatic rings. The number of carbonyl (C=O) groups is 2. The first-order chi connectivity index (χ1) is 17.0. The SMILES string of the molecule is CC1=C(C(=O)Nc2ccccc2)C(c2ccccc2)C(C(=O)c2cc(Cl)ccc2Cl)=C2NCCN12. The van der Waals surface area contributed by atoms with Crippen molar-refractivity contribution in [2.75, 3.05) is 18.4 Å². The Hall–Kier alpha value is -3.54. The first-order valence-corrected chi connectivity index (χ1v) is 12.1. The van der Waals surface area contributed by atoms with E-state index in [2.05, 4.69) is 10.6 Å². The third kappa shape index (κ3) is 4.33. The van der Waals surface area contributed by atoms with E-state index in [1.54, 1.807) is 18.2 Å². The molecule has 1 amide bonds. The summed E-state index contributed by atoms with van der Waals surface area (Å²) in [6, 6.07) is 23.7. The molecular weight excluding hydrogens is 481 g/mol.